The zero-order valence-electron chi connectivity index (χ0n) is 7.58. The third kappa shape index (κ3) is 2.42. The van der Waals surface area contributed by atoms with Crippen molar-refractivity contribution in [2.24, 2.45) is 0 Å². The molecule has 0 aromatic heterocycles. The van der Waals surface area contributed by atoms with Crippen molar-refractivity contribution in [3.05, 3.63) is 42.0 Å². The first-order valence-electron chi connectivity index (χ1n) is 4.14. The third-order valence-electron chi connectivity index (χ3n) is 1.66. The van der Waals surface area contributed by atoms with Crippen molar-refractivity contribution in [3.8, 4) is 5.75 Å². The molecule has 0 aliphatic heterocycles. The van der Waals surface area contributed by atoms with Gasteiger partial charge < -0.3 is 4.74 Å². The van der Waals surface area contributed by atoms with E-state index in [0.29, 0.717) is 6.61 Å². The average molecular weight is 162 g/mol. The van der Waals surface area contributed by atoms with Crippen molar-refractivity contribution in [1.82, 2.24) is 0 Å². The fourth-order valence-electron chi connectivity index (χ4n) is 0.952. The van der Waals surface area contributed by atoms with Crippen LogP contribution in [-0.4, -0.2) is 6.61 Å². The Morgan fingerprint density at radius 3 is 2.75 bits per heavy atom. The van der Waals surface area contributed by atoms with Crippen LogP contribution in [0.1, 0.15) is 12.5 Å². The van der Waals surface area contributed by atoms with Gasteiger partial charge in [0, 0.05) is 0 Å². The van der Waals surface area contributed by atoms with Gasteiger partial charge >= 0.3 is 0 Å². The lowest BCUT2D eigenvalue weighted by Gasteiger charge is -2.05. The molecule has 0 bridgehead atoms. The Morgan fingerprint density at radius 1 is 1.33 bits per heavy atom. The van der Waals surface area contributed by atoms with E-state index in [-0.39, 0.29) is 0 Å². The second-order valence-electron chi connectivity index (χ2n) is 2.65. The summed E-state index contributed by atoms with van der Waals surface area (Å²) in [6.07, 6.45) is 3.98. The smallest absolute Gasteiger partial charge is 0.122 e. The van der Waals surface area contributed by atoms with Crippen LogP contribution < -0.4 is 4.74 Å². The minimum atomic E-state index is 0.654. The monoisotopic (exact) mass is 162 g/mol. The van der Waals surface area contributed by atoms with Gasteiger partial charge in [-0.05, 0) is 25.5 Å². The van der Waals surface area contributed by atoms with Gasteiger partial charge in [-0.1, -0.05) is 30.4 Å². The molecule has 0 spiro atoms. The van der Waals surface area contributed by atoms with E-state index in [2.05, 4.69) is 0 Å². The van der Waals surface area contributed by atoms with Crippen molar-refractivity contribution in [1.29, 1.82) is 0 Å². The number of rotatable bonds is 3. The van der Waals surface area contributed by atoms with E-state index in [0.717, 1.165) is 5.75 Å². The molecular formula is C11H14O. The lowest BCUT2D eigenvalue weighted by atomic mass is 10.2. The van der Waals surface area contributed by atoms with Gasteiger partial charge in [0.25, 0.3) is 0 Å². The molecule has 12 heavy (non-hydrogen) atoms. The van der Waals surface area contributed by atoms with Crippen LogP contribution in [0.15, 0.2) is 36.4 Å². The lowest BCUT2D eigenvalue weighted by Crippen LogP contribution is -1.94. The Morgan fingerprint density at radius 2 is 2.08 bits per heavy atom. The number of benzene rings is 1. The second-order valence-corrected chi connectivity index (χ2v) is 2.65. The molecule has 1 heteroatoms. The summed E-state index contributed by atoms with van der Waals surface area (Å²) in [4.78, 5) is 0. The summed E-state index contributed by atoms with van der Waals surface area (Å²) in [7, 11) is 0. The molecule has 0 heterocycles. The van der Waals surface area contributed by atoms with Crippen molar-refractivity contribution in [2.75, 3.05) is 6.61 Å². The summed E-state index contributed by atoms with van der Waals surface area (Å²) in [5.74, 6) is 0.968. The van der Waals surface area contributed by atoms with Gasteiger partial charge in [-0.3, -0.25) is 0 Å². The first kappa shape index (κ1) is 8.85. The largest absolute Gasteiger partial charge is 0.489 e. The van der Waals surface area contributed by atoms with Crippen molar-refractivity contribution < 1.29 is 4.74 Å². The Bertz CT molecular complexity index is 263. The third-order valence-corrected chi connectivity index (χ3v) is 1.66. The Kier molecular flexibility index (Phi) is 3.39. The van der Waals surface area contributed by atoms with Crippen LogP contribution in [0.25, 0.3) is 0 Å². The number of allylic oxidation sites excluding steroid dienone is 1. The zero-order valence-corrected chi connectivity index (χ0v) is 7.58. The molecule has 1 aromatic carbocycles. The molecule has 0 saturated heterocycles. The molecule has 1 aromatic rings. The molecule has 0 aliphatic rings. The van der Waals surface area contributed by atoms with Crippen LogP contribution in [0.3, 0.4) is 0 Å². The molecule has 0 unspecified atom stereocenters. The van der Waals surface area contributed by atoms with Gasteiger partial charge in [0.2, 0.25) is 0 Å². The zero-order chi connectivity index (χ0) is 8.81. The van der Waals surface area contributed by atoms with Crippen LogP contribution in [-0.2, 0) is 0 Å². The summed E-state index contributed by atoms with van der Waals surface area (Å²) in [5.41, 5.74) is 1.18. The number of hydrogen-bond donors (Lipinski definition) is 0. The van der Waals surface area contributed by atoms with Crippen molar-refractivity contribution >= 4 is 0 Å². The molecule has 0 radical (unpaired) electrons. The van der Waals surface area contributed by atoms with E-state index < -0.39 is 0 Å². The number of aryl methyl sites for hydroxylation is 1. The highest BCUT2D eigenvalue weighted by Crippen LogP contribution is 2.15. The van der Waals surface area contributed by atoms with Gasteiger partial charge in [-0.2, -0.15) is 0 Å². The fourth-order valence-corrected chi connectivity index (χ4v) is 0.952. The molecule has 0 saturated carbocycles. The van der Waals surface area contributed by atoms with E-state index in [1.165, 1.54) is 5.56 Å². The van der Waals surface area contributed by atoms with E-state index in [9.17, 15) is 0 Å². The number of hydrogen-bond acceptors (Lipinski definition) is 1. The van der Waals surface area contributed by atoms with E-state index in [4.69, 9.17) is 4.74 Å². The molecule has 1 nitrogen and oxygen atoms in total. The standard InChI is InChI=1S/C11H14O/c1-3-4-9-12-11-8-6-5-7-10(11)2/h3-8H,9H2,1-2H3. The first-order chi connectivity index (χ1) is 5.84. The van der Waals surface area contributed by atoms with Crippen LogP contribution in [0.5, 0.6) is 5.75 Å². The average Bonchev–Trinajstić information content (AvgIpc) is 2.09. The second kappa shape index (κ2) is 4.60. The molecule has 0 amide bonds. The predicted molar refractivity (Wildman–Crippen MR) is 51.5 cm³/mol. The van der Waals surface area contributed by atoms with Crippen molar-refractivity contribution in [2.45, 2.75) is 13.8 Å². The summed E-state index contributed by atoms with van der Waals surface area (Å²) in [6, 6.07) is 8.03. The molecular weight excluding hydrogens is 148 g/mol. The van der Waals surface area contributed by atoms with E-state index in [1.807, 2.05) is 50.3 Å². The van der Waals surface area contributed by atoms with E-state index in [1.54, 1.807) is 0 Å². The maximum Gasteiger partial charge on any atom is 0.122 e. The molecule has 0 N–H and O–H groups in total. The summed E-state index contributed by atoms with van der Waals surface area (Å²) in [6.45, 7) is 4.69. The molecule has 64 valence electrons. The van der Waals surface area contributed by atoms with Crippen LogP contribution in [0.4, 0.5) is 0 Å². The highest BCUT2D eigenvalue weighted by atomic mass is 16.5. The van der Waals surface area contributed by atoms with Crippen LogP contribution >= 0.6 is 0 Å². The minimum absolute atomic E-state index is 0.654. The summed E-state index contributed by atoms with van der Waals surface area (Å²) >= 11 is 0. The molecule has 1 rings (SSSR count). The lowest BCUT2D eigenvalue weighted by molar-refractivity contribution is 0.360. The van der Waals surface area contributed by atoms with Crippen molar-refractivity contribution in [3.63, 3.8) is 0 Å². The first-order valence-corrected chi connectivity index (χ1v) is 4.14. The maximum atomic E-state index is 5.49. The Labute approximate surface area is 73.7 Å². The van der Waals surface area contributed by atoms with Crippen LogP contribution in [0, 0.1) is 6.92 Å². The SMILES string of the molecule is CC=CCOc1ccccc1C. The van der Waals surface area contributed by atoms with Gasteiger partial charge in [-0.15, -0.1) is 0 Å². The van der Waals surface area contributed by atoms with Gasteiger partial charge in [0.1, 0.15) is 12.4 Å². The number of ether oxygens (including phenoxy) is 1. The highest BCUT2D eigenvalue weighted by Gasteiger charge is 1.93. The number of para-hydroxylation sites is 1. The Hall–Kier alpha value is -1.24. The van der Waals surface area contributed by atoms with Gasteiger partial charge in [0.05, 0.1) is 0 Å². The minimum Gasteiger partial charge on any atom is -0.489 e. The predicted octanol–water partition coefficient (Wildman–Crippen LogP) is 2.95. The maximum absolute atomic E-state index is 5.49. The quantitative estimate of drug-likeness (QED) is 0.621. The molecule has 0 aliphatic carbocycles. The fraction of sp³-hybridized carbons (Fsp3) is 0.273. The van der Waals surface area contributed by atoms with Gasteiger partial charge in [-0.25, -0.2) is 0 Å². The van der Waals surface area contributed by atoms with E-state index >= 15 is 0 Å². The normalized spacial score (nSPS) is 10.5. The summed E-state index contributed by atoms with van der Waals surface area (Å²) < 4.78 is 5.49. The van der Waals surface area contributed by atoms with Gasteiger partial charge in [0.15, 0.2) is 0 Å². The molecule has 0 atom stereocenters. The van der Waals surface area contributed by atoms with Crippen LogP contribution in [0.2, 0.25) is 0 Å². The topological polar surface area (TPSA) is 9.23 Å². The summed E-state index contributed by atoms with van der Waals surface area (Å²) in [5, 5.41) is 0. The Balaban J connectivity index is 2.57. The molecule has 0 fully saturated rings. The highest BCUT2D eigenvalue weighted by molar-refractivity contribution is 5.31.